The number of hydrogen-bond acceptors (Lipinski definition) is 6. The van der Waals surface area contributed by atoms with Crippen molar-refractivity contribution in [2.24, 2.45) is 7.05 Å². The Labute approximate surface area is 117 Å². The van der Waals surface area contributed by atoms with Crippen molar-refractivity contribution in [2.45, 2.75) is 20.0 Å². The van der Waals surface area contributed by atoms with Crippen LogP contribution in [0.15, 0.2) is 24.8 Å². The lowest BCUT2D eigenvalue weighted by Gasteiger charge is -2.07. The molecule has 1 N–H and O–H groups in total. The van der Waals surface area contributed by atoms with Crippen LogP contribution in [0, 0.1) is 0 Å². The van der Waals surface area contributed by atoms with Gasteiger partial charge in [-0.05, 0) is 13.0 Å². The average Bonchev–Trinajstić information content (AvgIpc) is 2.82. The number of carbonyl (C=O) groups is 1. The number of rotatable bonds is 6. The molecule has 0 aromatic carbocycles. The van der Waals surface area contributed by atoms with Gasteiger partial charge in [-0.25, -0.2) is 14.8 Å². The highest BCUT2D eigenvalue weighted by Crippen LogP contribution is 2.09. The third-order valence-electron chi connectivity index (χ3n) is 2.80. The number of carbonyl (C=O) groups excluding carboxylic acids is 1. The van der Waals surface area contributed by atoms with Gasteiger partial charge in [0.25, 0.3) is 0 Å². The predicted molar refractivity (Wildman–Crippen MR) is 71.7 cm³/mol. The summed E-state index contributed by atoms with van der Waals surface area (Å²) in [7, 11) is 1.80. The number of aryl methyl sites for hydroxylation is 1. The van der Waals surface area contributed by atoms with Gasteiger partial charge in [-0.15, -0.1) is 0 Å². The smallest absolute Gasteiger partial charge is 0.341 e. The summed E-state index contributed by atoms with van der Waals surface area (Å²) in [5.74, 6) is -0.348. The fraction of sp³-hybridized carbons (Fsp3) is 0.385. The Balaban J connectivity index is 1.99. The van der Waals surface area contributed by atoms with Crippen molar-refractivity contribution < 1.29 is 9.53 Å². The van der Waals surface area contributed by atoms with E-state index < -0.39 is 0 Å². The Morgan fingerprint density at radius 2 is 2.30 bits per heavy atom. The molecule has 0 bridgehead atoms. The third kappa shape index (κ3) is 3.39. The van der Waals surface area contributed by atoms with E-state index in [1.54, 1.807) is 24.9 Å². The zero-order valence-electron chi connectivity index (χ0n) is 11.5. The summed E-state index contributed by atoms with van der Waals surface area (Å²) in [6.07, 6.45) is 4.73. The number of esters is 1. The SMILES string of the molecule is CCOC(=O)c1cnn(C)c1CNCc1ccncn1. The highest BCUT2D eigenvalue weighted by atomic mass is 16.5. The molecule has 0 atom stereocenters. The molecule has 0 saturated carbocycles. The van der Waals surface area contributed by atoms with E-state index in [0.717, 1.165) is 11.4 Å². The topological polar surface area (TPSA) is 81.9 Å². The van der Waals surface area contributed by atoms with E-state index in [1.807, 2.05) is 6.07 Å². The van der Waals surface area contributed by atoms with Crippen LogP contribution in [0.25, 0.3) is 0 Å². The second kappa shape index (κ2) is 6.76. The maximum atomic E-state index is 11.8. The Kier molecular flexibility index (Phi) is 4.78. The van der Waals surface area contributed by atoms with Crippen LogP contribution in [-0.4, -0.2) is 32.3 Å². The molecule has 0 aliphatic heterocycles. The molecule has 0 aliphatic carbocycles. The molecule has 0 amide bonds. The van der Waals surface area contributed by atoms with E-state index >= 15 is 0 Å². The van der Waals surface area contributed by atoms with Gasteiger partial charge >= 0.3 is 5.97 Å². The summed E-state index contributed by atoms with van der Waals surface area (Å²) >= 11 is 0. The number of hydrogen-bond donors (Lipinski definition) is 1. The molecule has 2 rings (SSSR count). The van der Waals surface area contributed by atoms with Crippen molar-refractivity contribution >= 4 is 5.97 Å². The lowest BCUT2D eigenvalue weighted by molar-refractivity contribution is 0.0524. The number of nitrogens with zero attached hydrogens (tertiary/aromatic N) is 4. The van der Waals surface area contributed by atoms with Gasteiger partial charge in [0.15, 0.2) is 0 Å². The molecule has 2 heterocycles. The molecule has 7 heteroatoms. The Hall–Kier alpha value is -2.28. The van der Waals surface area contributed by atoms with Crippen LogP contribution in [-0.2, 0) is 24.9 Å². The van der Waals surface area contributed by atoms with Gasteiger partial charge < -0.3 is 10.1 Å². The fourth-order valence-electron chi connectivity index (χ4n) is 1.78. The maximum absolute atomic E-state index is 11.8. The lowest BCUT2D eigenvalue weighted by Crippen LogP contribution is -2.19. The zero-order valence-corrected chi connectivity index (χ0v) is 11.5. The number of ether oxygens (including phenoxy) is 1. The van der Waals surface area contributed by atoms with E-state index in [2.05, 4.69) is 20.4 Å². The van der Waals surface area contributed by atoms with Gasteiger partial charge in [0.2, 0.25) is 0 Å². The summed E-state index contributed by atoms with van der Waals surface area (Å²) in [5, 5.41) is 7.32. The van der Waals surface area contributed by atoms with Gasteiger partial charge in [0, 0.05) is 26.3 Å². The van der Waals surface area contributed by atoms with Crippen molar-refractivity contribution in [3.05, 3.63) is 41.7 Å². The quantitative estimate of drug-likeness (QED) is 0.781. The van der Waals surface area contributed by atoms with Crippen LogP contribution in [0.4, 0.5) is 0 Å². The van der Waals surface area contributed by atoms with Gasteiger partial charge in [-0.2, -0.15) is 5.10 Å². The zero-order chi connectivity index (χ0) is 14.4. The largest absolute Gasteiger partial charge is 0.462 e. The molecule has 0 spiro atoms. The molecule has 0 aliphatic rings. The first kappa shape index (κ1) is 14.1. The maximum Gasteiger partial charge on any atom is 0.341 e. The van der Waals surface area contributed by atoms with E-state index in [4.69, 9.17) is 4.74 Å². The van der Waals surface area contributed by atoms with Crippen LogP contribution in [0.3, 0.4) is 0 Å². The molecule has 0 unspecified atom stereocenters. The molecule has 0 saturated heterocycles. The highest BCUT2D eigenvalue weighted by Gasteiger charge is 2.16. The van der Waals surface area contributed by atoms with Gasteiger partial charge in [-0.3, -0.25) is 4.68 Å². The summed E-state index contributed by atoms with van der Waals surface area (Å²) in [6, 6.07) is 1.84. The van der Waals surface area contributed by atoms with Crippen LogP contribution >= 0.6 is 0 Å². The van der Waals surface area contributed by atoms with Crippen molar-refractivity contribution in [1.82, 2.24) is 25.1 Å². The van der Waals surface area contributed by atoms with E-state index in [9.17, 15) is 4.79 Å². The molecule has 2 aromatic heterocycles. The standard InChI is InChI=1S/C13H17N5O2/c1-3-20-13(19)11-7-17-18(2)12(11)8-15-6-10-4-5-14-9-16-10/h4-5,7,9,15H,3,6,8H2,1-2H3. The third-order valence-corrected chi connectivity index (χ3v) is 2.80. The molecule has 106 valence electrons. The Bertz CT molecular complexity index is 567. The van der Waals surface area contributed by atoms with E-state index in [1.165, 1.54) is 12.5 Å². The molecule has 20 heavy (non-hydrogen) atoms. The average molecular weight is 275 g/mol. The van der Waals surface area contributed by atoms with Crippen LogP contribution in [0.5, 0.6) is 0 Å². The van der Waals surface area contributed by atoms with Gasteiger partial charge in [0.05, 0.1) is 24.2 Å². The van der Waals surface area contributed by atoms with Crippen molar-refractivity contribution in [3.8, 4) is 0 Å². The van der Waals surface area contributed by atoms with Crippen LogP contribution in [0.1, 0.15) is 28.7 Å². The summed E-state index contributed by atoms with van der Waals surface area (Å²) in [4.78, 5) is 19.8. The first-order chi connectivity index (χ1) is 9.72. The van der Waals surface area contributed by atoms with Crippen molar-refractivity contribution in [1.29, 1.82) is 0 Å². The van der Waals surface area contributed by atoms with Crippen LogP contribution < -0.4 is 5.32 Å². The summed E-state index contributed by atoms with van der Waals surface area (Å²) in [5.41, 5.74) is 2.17. The Morgan fingerprint density at radius 3 is 3.00 bits per heavy atom. The minimum Gasteiger partial charge on any atom is -0.462 e. The minimum atomic E-state index is -0.348. The number of nitrogens with one attached hydrogen (secondary N) is 1. The van der Waals surface area contributed by atoms with Crippen molar-refractivity contribution in [3.63, 3.8) is 0 Å². The molecule has 0 radical (unpaired) electrons. The second-order valence-corrected chi connectivity index (χ2v) is 4.15. The Morgan fingerprint density at radius 1 is 1.45 bits per heavy atom. The molecule has 7 nitrogen and oxygen atoms in total. The molecular formula is C13H17N5O2. The van der Waals surface area contributed by atoms with Crippen LogP contribution in [0.2, 0.25) is 0 Å². The predicted octanol–water partition coefficient (Wildman–Crippen LogP) is 0.677. The summed E-state index contributed by atoms with van der Waals surface area (Å²) < 4.78 is 6.67. The normalized spacial score (nSPS) is 10.5. The summed E-state index contributed by atoms with van der Waals surface area (Å²) in [6.45, 7) is 3.23. The number of aromatic nitrogens is 4. The molecule has 0 fully saturated rings. The molecule has 2 aromatic rings. The minimum absolute atomic E-state index is 0.348. The van der Waals surface area contributed by atoms with Crippen molar-refractivity contribution in [2.75, 3.05) is 6.61 Å². The fourth-order valence-corrected chi connectivity index (χ4v) is 1.78. The van der Waals surface area contributed by atoms with Gasteiger partial charge in [-0.1, -0.05) is 0 Å². The first-order valence-electron chi connectivity index (χ1n) is 6.36. The first-order valence-corrected chi connectivity index (χ1v) is 6.36. The monoisotopic (exact) mass is 275 g/mol. The lowest BCUT2D eigenvalue weighted by atomic mass is 10.2. The molecular weight excluding hydrogens is 258 g/mol. The second-order valence-electron chi connectivity index (χ2n) is 4.15. The van der Waals surface area contributed by atoms with E-state index in [-0.39, 0.29) is 5.97 Å². The van der Waals surface area contributed by atoms with Gasteiger partial charge in [0.1, 0.15) is 11.9 Å². The highest BCUT2D eigenvalue weighted by molar-refractivity contribution is 5.90. The van der Waals surface area contributed by atoms with E-state index in [0.29, 0.717) is 25.3 Å².